The van der Waals surface area contributed by atoms with Crippen molar-refractivity contribution in [2.75, 3.05) is 0 Å². The van der Waals surface area contributed by atoms with E-state index in [0.29, 0.717) is 0 Å². The van der Waals surface area contributed by atoms with E-state index < -0.39 is 0 Å². The SMILES string of the molecule is Cc1cc(-c2cccc(-c3cccc(-c4ccccc4)c3)c2)cc(C)c1-c1cc(-c2ccccc2)ccc1-c1cccc(-c2ccccn2)c1. The summed E-state index contributed by atoms with van der Waals surface area (Å²) in [7, 11) is 0. The maximum atomic E-state index is 4.63. The Morgan fingerprint density at radius 3 is 1.34 bits per heavy atom. The molecule has 0 fully saturated rings. The van der Waals surface area contributed by atoms with E-state index >= 15 is 0 Å². The molecule has 0 saturated carbocycles. The van der Waals surface area contributed by atoms with Crippen LogP contribution in [-0.2, 0) is 0 Å². The van der Waals surface area contributed by atoms with Crippen molar-refractivity contribution in [3.8, 4) is 78.0 Å². The third-order valence-corrected chi connectivity index (χ3v) is 9.56. The molecule has 0 saturated heterocycles. The molecule has 238 valence electrons. The highest BCUT2D eigenvalue weighted by Crippen LogP contribution is 2.41. The average Bonchev–Trinajstić information content (AvgIpc) is 3.19. The molecule has 0 N–H and O–H groups in total. The van der Waals surface area contributed by atoms with Crippen LogP contribution >= 0.6 is 0 Å². The van der Waals surface area contributed by atoms with Gasteiger partial charge in [-0.05, 0) is 128 Å². The Labute approximate surface area is 295 Å². The molecule has 7 aromatic carbocycles. The summed E-state index contributed by atoms with van der Waals surface area (Å²) in [6.07, 6.45) is 1.86. The van der Waals surface area contributed by atoms with Crippen LogP contribution in [0.3, 0.4) is 0 Å². The zero-order chi connectivity index (χ0) is 33.9. The van der Waals surface area contributed by atoms with Gasteiger partial charge in [0, 0.05) is 11.8 Å². The number of hydrogen-bond donors (Lipinski definition) is 0. The minimum Gasteiger partial charge on any atom is -0.256 e. The van der Waals surface area contributed by atoms with Gasteiger partial charge in [-0.15, -0.1) is 0 Å². The number of aryl methyl sites for hydroxylation is 2. The maximum absolute atomic E-state index is 4.63. The van der Waals surface area contributed by atoms with Crippen molar-refractivity contribution in [3.63, 3.8) is 0 Å². The second-order valence-electron chi connectivity index (χ2n) is 12.9. The van der Waals surface area contributed by atoms with Gasteiger partial charge in [-0.3, -0.25) is 4.98 Å². The van der Waals surface area contributed by atoms with Crippen LogP contribution in [-0.4, -0.2) is 4.98 Å². The lowest BCUT2D eigenvalue weighted by Crippen LogP contribution is -1.95. The number of hydrogen-bond acceptors (Lipinski definition) is 1. The minimum atomic E-state index is 0.975. The minimum absolute atomic E-state index is 0.975. The molecular weight excluding hydrogens is 603 g/mol. The molecule has 1 heteroatoms. The lowest BCUT2D eigenvalue weighted by molar-refractivity contribution is 1.33. The Morgan fingerprint density at radius 1 is 0.300 bits per heavy atom. The Kier molecular flexibility index (Phi) is 8.47. The molecule has 0 unspecified atom stereocenters. The van der Waals surface area contributed by atoms with Crippen LogP contribution in [0.1, 0.15) is 11.1 Å². The van der Waals surface area contributed by atoms with Gasteiger partial charge in [-0.1, -0.05) is 146 Å². The normalized spacial score (nSPS) is 11.0. The Morgan fingerprint density at radius 2 is 0.760 bits per heavy atom. The van der Waals surface area contributed by atoms with E-state index in [4.69, 9.17) is 0 Å². The van der Waals surface area contributed by atoms with E-state index in [-0.39, 0.29) is 0 Å². The Hall–Kier alpha value is -6.31. The number of aromatic nitrogens is 1. The van der Waals surface area contributed by atoms with Crippen LogP contribution in [0, 0.1) is 13.8 Å². The molecule has 50 heavy (non-hydrogen) atoms. The van der Waals surface area contributed by atoms with Gasteiger partial charge in [0.2, 0.25) is 0 Å². The van der Waals surface area contributed by atoms with Gasteiger partial charge in [-0.2, -0.15) is 0 Å². The molecule has 0 spiro atoms. The van der Waals surface area contributed by atoms with E-state index in [1.807, 2.05) is 18.3 Å². The maximum Gasteiger partial charge on any atom is 0.0702 e. The molecule has 0 atom stereocenters. The van der Waals surface area contributed by atoms with Crippen molar-refractivity contribution in [2.45, 2.75) is 13.8 Å². The lowest BCUT2D eigenvalue weighted by Gasteiger charge is -2.19. The summed E-state index contributed by atoms with van der Waals surface area (Å²) < 4.78 is 0. The highest BCUT2D eigenvalue weighted by atomic mass is 14.7. The molecule has 8 aromatic rings. The van der Waals surface area contributed by atoms with Gasteiger partial charge in [0.1, 0.15) is 0 Å². The first-order chi connectivity index (χ1) is 24.6. The molecule has 1 heterocycles. The molecule has 0 aliphatic heterocycles. The van der Waals surface area contributed by atoms with Crippen LogP contribution in [0.5, 0.6) is 0 Å². The Balaban J connectivity index is 1.22. The molecule has 1 nitrogen and oxygen atoms in total. The highest BCUT2D eigenvalue weighted by Gasteiger charge is 2.16. The largest absolute Gasteiger partial charge is 0.256 e. The van der Waals surface area contributed by atoms with Crippen LogP contribution < -0.4 is 0 Å². The van der Waals surface area contributed by atoms with Crippen LogP contribution in [0.25, 0.3) is 78.0 Å². The van der Waals surface area contributed by atoms with Gasteiger partial charge in [0.15, 0.2) is 0 Å². The smallest absolute Gasteiger partial charge is 0.0702 e. The molecule has 0 radical (unpaired) electrons. The lowest BCUT2D eigenvalue weighted by atomic mass is 9.85. The quantitative estimate of drug-likeness (QED) is 0.169. The molecule has 1 aromatic heterocycles. The number of benzene rings is 7. The summed E-state index contributed by atoms with van der Waals surface area (Å²) in [5.41, 5.74) is 19.2. The summed E-state index contributed by atoms with van der Waals surface area (Å²) in [6.45, 7) is 4.50. The summed E-state index contributed by atoms with van der Waals surface area (Å²) in [5, 5.41) is 0. The second-order valence-corrected chi connectivity index (χ2v) is 12.9. The van der Waals surface area contributed by atoms with Crippen molar-refractivity contribution >= 4 is 0 Å². The zero-order valence-electron chi connectivity index (χ0n) is 28.3. The van der Waals surface area contributed by atoms with Gasteiger partial charge in [0.05, 0.1) is 5.69 Å². The predicted molar refractivity (Wildman–Crippen MR) is 212 cm³/mol. The molecule has 0 amide bonds. The van der Waals surface area contributed by atoms with E-state index in [1.165, 1.54) is 77.9 Å². The van der Waals surface area contributed by atoms with Crippen LogP contribution in [0.15, 0.2) is 188 Å². The first-order valence-electron chi connectivity index (χ1n) is 17.2. The topological polar surface area (TPSA) is 12.9 Å². The van der Waals surface area contributed by atoms with Crippen LogP contribution in [0.4, 0.5) is 0 Å². The molecular formula is C49H37N. The monoisotopic (exact) mass is 639 g/mol. The van der Waals surface area contributed by atoms with E-state index in [2.05, 4.69) is 189 Å². The number of rotatable bonds is 7. The third kappa shape index (κ3) is 6.30. The van der Waals surface area contributed by atoms with Crippen molar-refractivity contribution in [2.24, 2.45) is 0 Å². The fraction of sp³-hybridized carbons (Fsp3) is 0.0408. The van der Waals surface area contributed by atoms with Gasteiger partial charge in [0.25, 0.3) is 0 Å². The van der Waals surface area contributed by atoms with Gasteiger partial charge < -0.3 is 0 Å². The van der Waals surface area contributed by atoms with E-state index in [1.54, 1.807) is 0 Å². The summed E-state index contributed by atoms with van der Waals surface area (Å²) in [6, 6.07) is 65.5. The summed E-state index contributed by atoms with van der Waals surface area (Å²) in [4.78, 5) is 4.63. The standard InChI is InChI=1S/C49H37N/c1-34-28-45(41-21-12-20-40(31-41)39-19-11-18-38(30-39)36-14-5-3-6-15-36)29-35(2)49(34)47-33-42(37-16-7-4-8-17-37)25-26-46(47)43-22-13-23-44(32-43)48-24-9-10-27-50-48/h3-33H,1-2H3. The van der Waals surface area contributed by atoms with Gasteiger partial charge in [-0.25, -0.2) is 0 Å². The summed E-state index contributed by atoms with van der Waals surface area (Å²) in [5.74, 6) is 0. The van der Waals surface area contributed by atoms with Gasteiger partial charge >= 0.3 is 0 Å². The van der Waals surface area contributed by atoms with Crippen molar-refractivity contribution in [1.29, 1.82) is 0 Å². The summed E-state index contributed by atoms with van der Waals surface area (Å²) >= 11 is 0. The third-order valence-electron chi connectivity index (χ3n) is 9.56. The predicted octanol–water partition coefficient (Wildman–Crippen LogP) is 13.4. The molecule has 0 bridgehead atoms. The Bertz CT molecular complexity index is 2400. The second kappa shape index (κ2) is 13.7. The fourth-order valence-electron chi connectivity index (χ4n) is 7.13. The van der Waals surface area contributed by atoms with E-state index in [0.717, 1.165) is 11.3 Å². The number of pyridine rings is 1. The first-order valence-corrected chi connectivity index (χ1v) is 17.2. The zero-order valence-corrected chi connectivity index (χ0v) is 28.3. The van der Waals surface area contributed by atoms with Crippen molar-refractivity contribution in [1.82, 2.24) is 4.98 Å². The van der Waals surface area contributed by atoms with Crippen molar-refractivity contribution in [3.05, 3.63) is 199 Å². The molecule has 8 rings (SSSR count). The van der Waals surface area contributed by atoms with Crippen molar-refractivity contribution < 1.29 is 0 Å². The first kappa shape index (κ1) is 31.0. The highest BCUT2D eigenvalue weighted by molar-refractivity contribution is 5.91. The van der Waals surface area contributed by atoms with Crippen LogP contribution in [0.2, 0.25) is 0 Å². The fourth-order valence-corrected chi connectivity index (χ4v) is 7.13. The number of nitrogens with zero attached hydrogens (tertiary/aromatic N) is 1. The molecule has 0 aliphatic carbocycles. The van der Waals surface area contributed by atoms with E-state index in [9.17, 15) is 0 Å². The molecule has 0 aliphatic rings. The average molecular weight is 640 g/mol.